The van der Waals surface area contributed by atoms with Crippen molar-refractivity contribution in [1.82, 2.24) is 5.32 Å². The second kappa shape index (κ2) is 6.83. The second-order valence-electron chi connectivity index (χ2n) is 3.98. The van der Waals surface area contributed by atoms with Crippen molar-refractivity contribution in [1.29, 1.82) is 0 Å². The molecule has 0 saturated carbocycles. The van der Waals surface area contributed by atoms with Gasteiger partial charge in [0.05, 0.1) is 6.42 Å². The first-order valence-corrected chi connectivity index (χ1v) is 5.63. The molecule has 1 atom stereocenters. The second-order valence-corrected chi connectivity index (χ2v) is 3.98. The van der Waals surface area contributed by atoms with Gasteiger partial charge in [0.2, 0.25) is 0 Å². The Kier molecular flexibility index (Phi) is 5.38. The molecule has 0 radical (unpaired) electrons. The highest BCUT2D eigenvalue weighted by molar-refractivity contribution is 5.95. The Balaban J connectivity index is 2.67. The van der Waals surface area contributed by atoms with Crippen molar-refractivity contribution in [3.63, 3.8) is 0 Å². The van der Waals surface area contributed by atoms with Crippen molar-refractivity contribution in [2.75, 3.05) is 6.61 Å². The number of rotatable bonds is 7. The summed E-state index contributed by atoms with van der Waals surface area (Å²) in [5.41, 5.74) is 0. The van der Waals surface area contributed by atoms with Gasteiger partial charge in [0.1, 0.15) is 6.04 Å². The minimum absolute atomic E-state index is 0.520. The van der Waals surface area contributed by atoms with Gasteiger partial charge in [-0.05, 0) is 6.07 Å². The van der Waals surface area contributed by atoms with E-state index < -0.39 is 54.8 Å². The molecular weight excluding hydrogens is 315 g/mol. The van der Waals surface area contributed by atoms with Gasteiger partial charge in [-0.2, -0.15) is 13.2 Å². The maximum atomic E-state index is 11.9. The van der Waals surface area contributed by atoms with Crippen molar-refractivity contribution < 1.29 is 46.9 Å². The third-order valence-corrected chi connectivity index (χ3v) is 2.17. The van der Waals surface area contributed by atoms with E-state index in [2.05, 4.69) is 9.15 Å². The number of amides is 1. The molecule has 1 aromatic heterocycles. The van der Waals surface area contributed by atoms with Crippen molar-refractivity contribution >= 4 is 17.8 Å². The highest BCUT2D eigenvalue weighted by Gasteiger charge is 2.29. The smallest absolute Gasteiger partial charge is 0.422 e. The van der Waals surface area contributed by atoms with Crippen LogP contribution in [-0.2, 0) is 9.59 Å². The van der Waals surface area contributed by atoms with Crippen LogP contribution in [0.2, 0.25) is 0 Å². The number of hydrogen-bond donors (Lipinski definition) is 3. The predicted molar refractivity (Wildman–Crippen MR) is 61.4 cm³/mol. The van der Waals surface area contributed by atoms with Gasteiger partial charge >= 0.3 is 18.1 Å². The van der Waals surface area contributed by atoms with E-state index in [1.54, 1.807) is 0 Å². The van der Waals surface area contributed by atoms with Crippen LogP contribution in [0, 0.1) is 0 Å². The molecule has 0 unspecified atom stereocenters. The molecule has 0 aliphatic rings. The van der Waals surface area contributed by atoms with Gasteiger partial charge < -0.3 is 24.7 Å². The van der Waals surface area contributed by atoms with Crippen molar-refractivity contribution in [2.24, 2.45) is 0 Å². The third-order valence-electron chi connectivity index (χ3n) is 2.17. The number of carboxylic acids is 2. The maximum Gasteiger partial charge on any atom is 0.422 e. The molecule has 122 valence electrons. The Morgan fingerprint density at radius 1 is 1.27 bits per heavy atom. The van der Waals surface area contributed by atoms with Crippen LogP contribution in [-0.4, -0.2) is 46.9 Å². The highest BCUT2D eigenvalue weighted by atomic mass is 19.4. The minimum atomic E-state index is -4.59. The molecule has 0 spiro atoms. The summed E-state index contributed by atoms with van der Waals surface area (Å²) >= 11 is 0. The number of furan rings is 1. The monoisotopic (exact) mass is 325 g/mol. The Labute approximate surface area is 120 Å². The Hall–Kier alpha value is -2.72. The third kappa shape index (κ3) is 5.73. The molecule has 3 N–H and O–H groups in total. The zero-order valence-corrected chi connectivity index (χ0v) is 10.7. The van der Waals surface area contributed by atoms with Crippen LogP contribution < -0.4 is 10.1 Å². The van der Waals surface area contributed by atoms with Gasteiger partial charge in [-0.3, -0.25) is 9.59 Å². The lowest BCUT2D eigenvalue weighted by atomic mass is 10.2. The van der Waals surface area contributed by atoms with E-state index in [0.717, 1.165) is 12.1 Å². The Bertz CT molecular complexity index is 566. The van der Waals surface area contributed by atoms with Gasteiger partial charge in [0.25, 0.3) is 11.9 Å². The van der Waals surface area contributed by atoms with Crippen molar-refractivity contribution in [2.45, 2.75) is 18.6 Å². The van der Waals surface area contributed by atoms with Crippen molar-refractivity contribution in [3.8, 4) is 5.95 Å². The van der Waals surface area contributed by atoms with E-state index in [-0.39, 0.29) is 0 Å². The van der Waals surface area contributed by atoms with E-state index in [0.29, 0.717) is 0 Å². The molecule has 0 aromatic carbocycles. The normalized spacial score (nSPS) is 12.5. The zero-order chi connectivity index (χ0) is 16.9. The molecule has 1 aromatic rings. The topological polar surface area (TPSA) is 126 Å². The van der Waals surface area contributed by atoms with E-state index >= 15 is 0 Å². The summed E-state index contributed by atoms with van der Waals surface area (Å²) in [5, 5.41) is 19.1. The lowest BCUT2D eigenvalue weighted by Crippen LogP contribution is -2.42. The predicted octanol–water partition coefficient (Wildman–Crippen LogP) is 0.878. The van der Waals surface area contributed by atoms with Crippen LogP contribution in [0.4, 0.5) is 13.2 Å². The molecule has 1 heterocycles. The average molecular weight is 325 g/mol. The maximum absolute atomic E-state index is 11.9. The summed E-state index contributed by atoms with van der Waals surface area (Å²) in [4.78, 5) is 32.8. The SMILES string of the molecule is O=C(O)C[C@H](NC(=O)c1ccc(OCC(F)(F)F)o1)C(=O)O. The first-order chi connectivity index (χ1) is 10.1. The number of carboxylic acid groups (broad SMARTS) is 2. The van der Waals surface area contributed by atoms with Gasteiger partial charge in [0.15, 0.2) is 12.4 Å². The first-order valence-electron chi connectivity index (χ1n) is 5.63. The molecule has 0 saturated heterocycles. The van der Waals surface area contributed by atoms with Gasteiger partial charge in [-0.1, -0.05) is 0 Å². The molecule has 0 aliphatic heterocycles. The highest BCUT2D eigenvalue weighted by Crippen LogP contribution is 2.20. The zero-order valence-electron chi connectivity index (χ0n) is 10.7. The van der Waals surface area contributed by atoms with Crippen LogP contribution in [0.15, 0.2) is 16.5 Å². The Morgan fingerprint density at radius 3 is 2.41 bits per heavy atom. The molecule has 22 heavy (non-hydrogen) atoms. The van der Waals surface area contributed by atoms with Crippen LogP contribution in [0.5, 0.6) is 5.95 Å². The van der Waals surface area contributed by atoms with Gasteiger partial charge in [-0.15, -0.1) is 0 Å². The van der Waals surface area contributed by atoms with Gasteiger partial charge in [-0.25, -0.2) is 4.79 Å². The number of carbonyl (C=O) groups excluding carboxylic acids is 1. The number of nitrogens with one attached hydrogen (secondary N) is 1. The van der Waals surface area contributed by atoms with Crippen LogP contribution in [0.25, 0.3) is 0 Å². The quantitative estimate of drug-likeness (QED) is 0.679. The van der Waals surface area contributed by atoms with E-state index in [4.69, 9.17) is 10.2 Å². The molecule has 1 rings (SSSR count). The number of alkyl halides is 3. The molecule has 1 amide bonds. The molecule has 0 fully saturated rings. The van der Waals surface area contributed by atoms with E-state index in [1.165, 1.54) is 0 Å². The molecular formula is C11H10F3NO7. The number of aliphatic carboxylic acids is 2. The van der Waals surface area contributed by atoms with Crippen molar-refractivity contribution in [3.05, 3.63) is 17.9 Å². The number of hydrogen-bond acceptors (Lipinski definition) is 5. The fourth-order valence-electron chi connectivity index (χ4n) is 1.28. The summed E-state index contributed by atoms with van der Waals surface area (Å²) in [6.45, 7) is -1.63. The summed E-state index contributed by atoms with van der Waals surface area (Å²) in [6.07, 6.45) is -5.47. The summed E-state index contributed by atoms with van der Waals surface area (Å²) < 4.78 is 44.7. The number of halogens is 3. The van der Waals surface area contributed by atoms with Gasteiger partial charge in [0, 0.05) is 6.07 Å². The number of carbonyl (C=O) groups is 3. The first kappa shape index (κ1) is 17.3. The van der Waals surface area contributed by atoms with Crippen LogP contribution >= 0.6 is 0 Å². The van der Waals surface area contributed by atoms with Crippen LogP contribution in [0.3, 0.4) is 0 Å². The van der Waals surface area contributed by atoms with E-state index in [1.807, 2.05) is 5.32 Å². The van der Waals surface area contributed by atoms with Crippen LogP contribution in [0.1, 0.15) is 17.0 Å². The summed E-state index contributed by atoms with van der Waals surface area (Å²) in [7, 11) is 0. The molecule has 11 heteroatoms. The average Bonchev–Trinajstić information content (AvgIpc) is 2.82. The largest absolute Gasteiger partial charge is 0.481 e. The fraction of sp³-hybridized carbons (Fsp3) is 0.364. The Morgan fingerprint density at radius 2 is 1.91 bits per heavy atom. The van der Waals surface area contributed by atoms with E-state index in [9.17, 15) is 27.6 Å². The molecule has 0 bridgehead atoms. The molecule has 8 nitrogen and oxygen atoms in total. The standard InChI is InChI=1S/C11H10F3NO7/c12-11(13,14)4-21-8-2-1-6(22-8)9(18)15-5(10(19)20)3-7(16)17/h1-2,5H,3-4H2,(H,15,18)(H,16,17)(H,19,20)/t5-/m0/s1. The summed E-state index contributed by atoms with van der Waals surface area (Å²) in [5.74, 6) is -5.26. The lowest BCUT2D eigenvalue weighted by molar-refractivity contribution is -0.156. The lowest BCUT2D eigenvalue weighted by Gasteiger charge is -2.11. The summed E-state index contributed by atoms with van der Waals surface area (Å²) in [6, 6.07) is 0.184. The minimum Gasteiger partial charge on any atom is -0.481 e. The fourth-order valence-corrected chi connectivity index (χ4v) is 1.28. The number of ether oxygens (including phenoxy) is 1. The molecule has 0 aliphatic carbocycles.